The summed E-state index contributed by atoms with van der Waals surface area (Å²) in [4.78, 5) is 13.3. The number of hydrogen-bond acceptors (Lipinski definition) is 3. The van der Waals surface area contributed by atoms with E-state index in [2.05, 4.69) is 94.4 Å². The van der Waals surface area contributed by atoms with Crippen LogP contribution in [0.25, 0.3) is 16.5 Å². The van der Waals surface area contributed by atoms with Gasteiger partial charge in [0.2, 0.25) is 0 Å². The fraction of sp³-hybridized carbons (Fsp3) is 0.500. The highest BCUT2D eigenvalue weighted by Gasteiger charge is 2.24. The van der Waals surface area contributed by atoms with Gasteiger partial charge in [-0.25, -0.2) is 4.79 Å². The predicted molar refractivity (Wildman–Crippen MR) is 142 cm³/mol. The summed E-state index contributed by atoms with van der Waals surface area (Å²) in [6, 6.07) is 4.14. The molecule has 0 unspecified atom stereocenters. The van der Waals surface area contributed by atoms with Gasteiger partial charge in [-0.1, -0.05) is 80.0 Å². The minimum Gasteiger partial charge on any atom is -0.515 e. The molecule has 0 aliphatic heterocycles. The third-order valence-electron chi connectivity index (χ3n) is 6.38. The first-order chi connectivity index (χ1) is 14.9. The molecule has 0 fully saturated rings. The number of aliphatic hydroxyl groups excluding tert-OH is 1. The summed E-state index contributed by atoms with van der Waals surface area (Å²) in [5.41, 5.74) is 5.93. The zero-order valence-electron chi connectivity index (χ0n) is 22.7. The predicted octanol–water partition coefficient (Wildman–Crippen LogP) is 8.57. The molecule has 0 radical (unpaired) electrons. The Bertz CT molecular complexity index is 1190. The first-order valence-electron chi connectivity index (χ1n) is 11.7. The molecule has 0 amide bonds. The second-order valence-electron chi connectivity index (χ2n) is 12.3. The van der Waals surface area contributed by atoms with Gasteiger partial charge in [-0.05, 0) is 65.9 Å². The van der Waals surface area contributed by atoms with Crippen LogP contribution in [0.1, 0.15) is 91.5 Å². The van der Waals surface area contributed by atoms with Gasteiger partial charge in [0.05, 0.1) is 11.8 Å². The summed E-state index contributed by atoms with van der Waals surface area (Å²) in [6.07, 6.45) is 5.11. The maximum absolute atomic E-state index is 13.3. The second kappa shape index (κ2) is 9.00. The molecule has 2 aromatic rings. The fourth-order valence-electron chi connectivity index (χ4n) is 3.75. The van der Waals surface area contributed by atoms with Crippen LogP contribution in [0.2, 0.25) is 0 Å². The monoisotopic (exact) mass is 450 g/mol. The van der Waals surface area contributed by atoms with E-state index in [1.54, 1.807) is 0 Å². The SMILES string of the molecule is C\C(=C/C(=C\C(=C\O)c1c(C)c2cc(C)cc(C(C)(C)C)c2oc1=O)C(C)(C)C)C(C)(C)C. The lowest BCUT2D eigenvalue weighted by molar-refractivity contribution is 0.474. The van der Waals surface area contributed by atoms with E-state index in [0.29, 0.717) is 16.7 Å². The van der Waals surface area contributed by atoms with Crippen molar-refractivity contribution in [1.29, 1.82) is 0 Å². The Morgan fingerprint density at radius 3 is 1.94 bits per heavy atom. The normalized spacial score (nSPS) is 14.8. The van der Waals surface area contributed by atoms with Crippen LogP contribution in [0.15, 0.2) is 50.9 Å². The Morgan fingerprint density at radius 1 is 0.909 bits per heavy atom. The third-order valence-corrected chi connectivity index (χ3v) is 6.38. The summed E-state index contributed by atoms with van der Waals surface area (Å²) in [5.74, 6) is 0. The van der Waals surface area contributed by atoms with Crippen LogP contribution in [-0.4, -0.2) is 5.11 Å². The van der Waals surface area contributed by atoms with Crippen molar-refractivity contribution < 1.29 is 9.52 Å². The van der Waals surface area contributed by atoms with Crippen LogP contribution < -0.4 is 5.63 Å². The molecule has 1 N–H and O–H groups in total. The molecule has 0 bridgehead atoms. The van der Waals surface area contributed by atoms with E-state index in [-0.39, 0.29) is 16.2 Å². The minimum absolute atomic E-state index is 0.0200. The minimum atomic E-state index is -0.435. The van der Waals surface area contributed by atoms with Crippen LogP contribution >= 0.6 is 0 Å². The van der Waals surface area contributed by atoms with E-state index in [1.165, 1.54) is 5.57 Å². The standard InChI is InChI=1S/C30H42O3/c1-18-13-23-20(3)25(27(32)33-26(23)24(14-18)30(10,11)12)21(17-31)16-22(29(7,8)9)15-19(2)28(4,5)6/h13-17,31H,1-12H3/b19-15+,21-17-,22-16+. The smallest absolute Gasteiger partial charge is 0.344 e. The Kier molecular flexibility index (Phi) is 7.29. The van der Waals surface area contributed by atoms with Crippen LogP contribution in [0.5, 0.6) is 0 Å². The van der Waals surface area contributed by atoms with E-state index in [9.17, 15) is 9.90 Å². The maximum Gasteiger partial charge on any atom is 0.344 e. The summed E-state index contributed by atoms with van der Waals surface area (Å²) in [7, 11) is 0. The van der Waals surface area contributed by atoms with Crippen molar-refractivity contribution in [1.82, 2.24) is 0 Å². The highest BCUT2D eigenvalue weighted by Crippen LogP contribution is 2.37. The molecule has 2 rings (SSSR count). The topological polar surface area (TPSA) is 50.4 Å². The fourth-order valence-corrected chi connectivity index (χ4v) is 3.75. The number of allylic oxidation sites excluding steroid dienone is 5. The molecule has 0 aliphatic carbocycles. The van der Waals surface area contributed by atoms with Crippen LogP contribution in [0.3, 0.4) is 0 Å². The van der Waals surface area contributed by atoms with Gasteiger partial charge in [0.15, 0.2) is 0 Å². The Hall–Kier alpha value is -2.55. The van der Waals surface area contributed by atoms with Gasteiger partial charge in [-0.2, -0.15) is 0 Å². The molecule has 0 saturated heterocycles. The molecule has 0 saturated carbocycles. The van der Waals surface area contributed by atoms with Gasteiger partial charge in [0, 0.05) is 16.5 Å². The first kappa shape index (κ1) is 26.7. The van der Waals surface area contributed by atoms with Crippen molar-refractivity contribution in [3.05, 3.63) is 74.4 Å². The molecule has 1 heterocycles. The summed E-state index contributed by atoms with van der Waals surface area (Å²) in [6.45, 7) is 25.4. The highest BCUT2D eigenvalue weighted by molar-refractivity contribution is 5.90. The van der Waals surface area contributed by atoms with E-state index in [4.69, 9.17) is 4.42 Å². The van der Waals surface area contributed by atoms with Gasteiger partial charge in [-0.3, -0.25) is 0 Å². The van der Waals surface area contributed by atoms with E-state index in [1.807, 2.05) is 13.0 Å². The molecule has 1 aromatic heterocycles. The summed E-state index contributed by atoms with van der Waals surface area (Å²) in [5, 5.41) is 11.1. The number of aryl methyl sites for hydroxylation is 2. The molecule has 3 heteroatoms. The molecular formula is C30H42O3. The Balaban J connectivity index is 2.88. The van der Waals surface area contributed by atoms with Crippen LogP contribution in [0, 0.1) is 24.7 Å². The molecule has 0 aliphatic rings. The number of benzene rings is 1. The first-order valence-corrected chi connectivity index (χ1v) is 11.7. The van der Waals surface area contributed by atoms with Crippen molar-refractivity contribution >= 4 is 16.5 Å². The molecular weight excluding hydrogens is 408 g/mol. The Labute approximate surface area is 199 Å². The maximum atomic E-state index is 13.3. The lowest BCUT2D eigenvalue weighted by atomic mass is 9.79. The van der Waals surface area contributed by atoms with Crippen molar-refractivity contribution in [3.8, 4) is 0 Å². The van der Waals surface area contributed by atoms with Gasteiger partial charge in [-0.15, -0.1) is 0 Å². The van der Waals surface area contributed by atoms with Crippen LogP contribution in [0.4, 0.5) is 0 Å². The number of aliphatic hydroxyl groups is 1. The largest absolute Gasteiger partial charge is 0.515 e. The van der Waals surface area contributed by atoms with Gasteiger partial charge >= 0.3 is 5.63 Å². The van der Waals surface area contributed by atoms with E-state index < -0.39 is 5.63 Å². The van der Waals surface area contributed by atoms with Crippen molar-refractivity contribution in [2.75, 3.05) is 0 Å². The van der Waals surface area contributed by atoms with Gasteiger partial charge < -0.3 is 9.52 Å². The molecule has 180 valence electrons. The molecule has 3 nitrogen and oxygen atoms in total. The average Bonchev–Trinajstić information content (AvgIpc) is 2.64. The van der Waals surface area contributed by atoms with Crippen molar-refractivity contribution in [2.45, 2.75) is 88.5 Å². The van der Waals surface area contributed by atoms with E-state index >= 15 is 0 Å². The average molecular weight is 451 g/mol. The van der Waals surface area contributed by atoms with Gasteiger partial charge in [0.1, 0.15) is 5.58 Å². The molecule has 0 spiro atoms. The van der Waals surface area contributed by atoms with Crippen molar-refractivity contribution in [2.24, 2.45) is 10.8 Å². The molecule has 0 atom stereocenters. The summed E-state index contributed by atoms with van der Waals surface area (Å²) < 4.78 is 5.92. The number of rotatable bonds is 3. The van der Waals surface area contributed by atoms with Crippen LogP contribution in [-0.2, 0) is 5.41 Å². The van der Waals surface area contributed by atoms with E-state index in [0.717, 1.165) is 33.9 Å². The molecule has 1 aromatic carbocycles. The lowest BCUT2D eigenvalue weighted by Crippen LogP contribution is -2.16. The summed E-state index contributed by atoms with van der Waals surface area (Å²) >= 11 is 0. The lowest BCUT2D eigenvalue weighted by Gasteiger charge is -2.26. The number of hydrogen-bond donors (Lipinski definition) is 1. The highest BCUT2D eigenvalue weighted by atomic mass is 16.4. The number of fused-ring (bicyclic) bond motifs is 1. The second-order valence-corrected chi connectivity index (χ2v) is 12.3. The Morgan fingerprint density at radius 2 is 1.48 bits per heavy atom. The quantitative estimate of drug-likeness (QED) is 0.289. The third kappa shape index (κ3) is 5.88. The zero-order valence-corrected chi connectivity index (χ0v) is 22.7. The molecule has 33 heavy (non-hydrogen) atoms. The zero-order chi connectivity index (χ0) is 25.5. The van der Waals surface area contributed by atoms with Gasteiger partial charge in [0.25, 0.3) is 0 Å². The van der Waals surface area contributed by atoms with Crippen molar-refractivity contribution in [3.63, 3.8) is 0 Å².